The van der Waals surface area contributed by atoms with Crippen molar-refractivity contribution in [3.8, 4) is 0 Å². The summed E-state index contributed by atoms with van der Waals surface area (Å²) >= 11 is 0. The molecule has 2 amide bonds. The predicted octanol–water partition coefficient (Wildman–Crippen LogP) is 1.93. The molecule has 0 aliphatic carbocycles. The van der Waals surface area contributed by atoms with Crippen molar-refractivity contribution in [2.75, 3.05) is 0 Å². The third-order valence-electron chi connectivity index (χ3n) is 3.42. The molecule has 7 nitrogen and oxygen atoms in total. The van der Waals surface area contributed by atoms with Crippen LogP contribution in [0, 0.1) is 0 Å². The Balaban J connectivity index is 2.29. The highest BCUT2D eigenvalue weighted by Crippen LogP contribution is 2.31. The van der Waals surface area contributed by atoms with Crippen molar-refractivity contribution in [2.45, 2.75) is 0 Å². The van der Waals surface area contributed by atoms with Gasteiger partial charge in [-0.3, -0.25) is 4.79 Å². The summed E-state index contributed by atoms with van der Waals surface area (Å²) in [5, 5.41) is 13.9. The molecule has 0 saturated carbocycles. The van der Waals surface area contributed by atoms with E-state index >= 15 is 0 Å². The monoisotopic (exact) mass is 309 g/mol. The molecular formula is C16H13N4O3+. The smallest absolute Gasteiger partial charge is 0.433 e. The molecule has 114 valence electrons. The largest absolute Gasteiger partial charge is 0.553 e. The van der Waals surface area contributed by atoms with Crippen LogP contribution in [0.15, 0.2) is 70.8 Å². The zero-order valence-electron chi connectivity index (χ0n) is 12.0. The number of nitrogens with zero attached hydrogens (tertiary/aromatic N) is 3. The summed E-state index contributed by atoms with van der Waals surface area (Å²) in [7, 11) is 0. The molecule has 1 unspecified atom stereocenters. The lowest BCUT2D eigenvalue weighted by Gasteiger charge is -2.22. The van der Waals surface area contributed by atoms with Gasteiger partial charge >= 0.3 is 6.09 Å². The maximum atomic E-state index is 12.1. The molecule has 3 N–H and O–H groups in total. The zero-order valence-corrected chi connectivity index (χ0v) is 12.0. The minimum atomic E-state index is -1.28. The zero-order chi connectivity index (χ0) is 16.4. The summed E-state index contributed by atoms with van der Waals surface area (Å²) in [6, 6.07) is 17.1. The molecule has 0 spiro atoms. The number of hydrogen-bond acceptors (Lipinski definition) is 4. The number of carboxylic acid groups (broad SMARTS) is 1. The van der Waals surface area contributed by atoms with Gasteiger partial charge in [0.25, 0.3) is 17.6 Å². The number of nitrogens with two attached hydrogens (primary N) is 1. The normalized spacial score (nSPS) is 19.8. The fourth-order valence-electron chi connectivity index (χ4n) is 2.40. The van der Waals surface area contributed by atoms with Gasteiger partial charge in [-0.25, -0.2) is 0 Å². The Morgan fingerprint density at radius 1 is 0.957 bits per heavy atom. The van der Waals surface area contributed by atoms with Gasteiger partial charge in [0.2, 0.25) is 0 Å². The van der Waals surface area contributed by atoms with Crippen LogP contribution in [0.3, 0.4) is 0 Å². The lowest BCUT2D eigenvalue weighted by atomic mass is 10.1. The van der Waals surface area contributed by atoms with Crippen LogP contribution in [0.2, 0.25) is 0 Å². The maximum Gasteiger partial charge on any atom is 0.553 e. The van der Waals surface area contributed by atoms with Crippen molar-refractivity contribution in [2.24, 2.45) is 15.8 Å². The Hall–Kier alpha value is -3.32. The van der Waals surface area contributed by atoms with Crippen LogP contribution in [0.4, 0.5) is 10.5 Å². The number of aliphatic imine (C=N–C) groups is 1. The van der Waals surface area contributed by atoms with Gasteiger partial charge in [-0.05, 0) is 21.8 Å². The van der Waals surface area contributed by atoms with Crippen LogP contribution in [0.25, 0.3) is 0 Å². The van der Waals surface area contributed by atoms with Gasteiger partial charge in [0, 0.05) is 12.1 Å². The molecule has 0 fully saturated rings. The van der Waals surface area contributed by atoms with Crippen molar-refractivity contribution >= 4 is 29.4 Å². The topological polar surface area (TPSA) is 105 Å². The number of quaternary nitrogens is 1. The lowest BCUT2D eigenvalue weighted by molar-refractivity contribution is -0.112. The first-order valence-electron chi connectivity index (χ1n) is 6.78. The third-order valence-corrected chi connectivity index (χ3v) is 3.42. The lowest BCUT2D eigenvalue weighted by Crippen LogP contribution is -2.52. The molecule has 1 aliphatic heterocycles. The van der Waals surface area contributed by atoms with E-state index in [-0.39, 0.29) is 11.7 Å². The average molecular weight is 309 g/mol. The molecular weight excluding hydrogens is 296 g/mol. The SMILES string of the molecule is NC(=O)C1=N[N+](C(=O)O)(c2ccccc2)C(c2ccccc2)=N1. The highest BCUT2D eigenvalue weighted by molar-refractivity contribution is 6.43. The molecule has 0 saturated heterocycles. The highest BCUT2D eigenvalue weighted by atomic mass is 16.4. The van der Waals surface area contributed by atoms with Crippen molar-refractivity contribution in [3.05, 3.63) is 66.2 Å². The molecule has 0 radical (unpaired) electrons. The van der Waals surface area contributed by atoms with E-state index in [0.717, 1.165) is 0 Å². The molecule has 7 heteroatoms. The van der Waals surface area contributed by atoms with Gasteiger partial charge < -0.3 is 10.8 Å². The second-order valence-electron chi connectivity index (χ2n) is 4.84. The van der Waals surface area contributed by atoms with E-state index < -0.39 is 16.6 Å². The highest BCUT2D eigenvalue weighted by Gasteiger charge is 2.52. The summed E-state index contributed by atoms with van der Waals surface area (Å²) < 4.78 is -0.955. The van der Waals surface area contributed by atoms with Gasteiger partial charge in [0.05, 0.1) is 5.56 Å². The number of amidine groups is 2. The summed E-state index contributed by atoms with van der Waals surface area (Å²) in [6.45, 7) is 0. The van der Waals surface area contributed by atoms with Crippen LogP contribution in [-0.4, -0.2) is 28.8 Å². The first-order valence-corrected chi connectivity index (χ1v) is 6.78. The van der Waals surface area contributed by atoms with Gasteiger partial charge in [-0.1, -0.05) is 36.4 Å². The Labute approximate surface area is 131 Å². The van der Waals surface area contributed by atoms with Crippen molar-refractivity contribution in [1.29, 1.82) is 0 Å². The summed E-state index contributed by atoms with van der Waals surface area (Å²) in [6.07, 6.45) is -1.28. The number of benzene rings is 2. The molecule has 1 heterocycles. The Bertz CT molecular complexity index is 831. The minimum absolute atomic E-state index is 0.109. The molecule has 0 bridgehead atoms. The predicted molar refractivity (Wildman–Crippen MR) is 85.9 cm³/mol. The second-order valence-corrected chi connectivity index (χ2v) is 4.84. The van der Waals surface area contributed by atoms with Crippen molar-refractivity contribution in [1.82, 2.24) is 4.59 Å². The van der Waals surface area contributed by atoms with Gasteiger partial charge in [-0.2, -0.15) is 9.79 Å². The van der Waals surface area contributed by atoms with Crippen molar-refractivity contribution < 1.29 is 14.7 Å². The molecule has 1 aliphatic rings. The van der Waals surface area contributed by atoms with Crippen LogP contribution in [0.1, 0.15) is 5.56 Å². The number of primary amides is 1. The first kappa shape index (κ1) is 14.6. The molecule has 2 aromatic rings. The fraction of sp³-hybridized carbons (Fsp3) is 0. The fourth-order valence-corrected chi connectivity index (χ4v) is 2.40. The number of carbonyl (C=O) groups excluding carboxylic acids is 1. The summed E-state index contributed by atoms with van der Waals surface area (Å²) in [5.74, 6) is -1.09. The average Bonchev–Trinajstić information content (AvgIpc) is 2.99. The number of rotatable bonds is 3. The number of hydrogen-bond donors (Lipinski definition) is 2. The number of para-hydroxylation sites is 1. The molecule has 2 aromatic carbocycles. The van der Waals surface area contributed by atoms with Crippen molar-refractivity contribution in [3.63, 3.8) is 0 Å². The van der Waals surface area contributed by atoms with E-state index in [9.17, 15) is 14.7 Å². The molecule has 1 atom stereocenters. The standard InChI is InChI=1S/C16H12N4O3/c17-13(21)14-18-15(11-7-3-1-4-8-11)20(19-14,16(22)23)12-9-5-2-6-10-12/h1-10H,(H2-,17,21,22,23)/p+1. The summed E-state index contributed by atoms with van der Waals surface area (Å²) in [5.41, 5.74) is 6.14. The molecule has 0 aromatic heterocycles. The van der Waals surface area contributed by atoms with Crippen LogP contribution in [-0.2, 0) is 4.79 Å². The minimum Gasteiger partial charge on any atom is -0.433 e. The van der Waals surface area contributed by atoms with Gasteiger partial charge in [-0.15, -0.1) is 0 Å². The van der Waals surface area contributed by atoms with Crippen LogP contribution in [0.5, 0.6) is 0 Å². The van der Waals surface area contributed by atoms with E-state index in [1.165, 1.54) is 0 Å². The Kier molecular flexibility index (Phi) is 3.47. The maximum absolute atomic E-state index is 12.1. The van der Waals surface area contributed by atoms with E-state index in [0.29, 0.717) is 11.3 Å². The van der Waals surface area contributed by atoms with E-state index in [4.69, 9.17) is 5.73 Å². The van der Waals surface area contributed by atoms with E-state index in [2.05, 4.69) is 10.1 Å². The quantitative estimate of drug-likeness (QED) is 0.846. The van der Waals surface area contributed by atoms with Gasteiger partial charge in [0.15, 0.2) is 5.69 Å². The Morgan fingerprint density at radius 3 is 2.04 bits per heavy atom. The van der Waals surface area contributed by atoms with E-state index in [1.807, 2.05) is 0 Å². The number of carbonyl (C=O) groups is 2. The number of amides is 2. The Morgan fingerprint density at radius 2 is 1.52 bits per heavy atom. The second kappa shape index (κ2) is 5.47. The van der Waals surface area contributed by atoms with Crippen LogP contribution >= 0.6 is 0 Å². The molecule has 23 heavy (non-hydrogen) atoms. The summed E-state index contributed by atoms with van der Waals surface area (Å²) in [4.78, 5) is 27.7. The first-order chi connectivity index (χ1) is 11.1. The van der Waals surface area contributed by atoms with E-state index in [1.54, 1.807) is 60.7 Å². The van der Waals surface area contributed by atoms with Crippen LogP contribution < -0.4 is 10.3 Å². The molecule has 3 rings (SSSR count). The van der Waals surface area contributed by atoms with Gasteiger partial charge in [0.1, 0.15) is 0 Å². The third kappa shape index (κ3) is 2.29.